The number of aromatic nitrogens is 2. The summed E-state index contributed by atoms with van der Waals surface area (Å²) in [5.41, 5.74) is 5.77. The molecule has 1 aromatic heterocycles. The number of allylic oxidation sites excluding steroid dienone is 2. The second-order valence-electron chi connectivity index (χ2n) is 7.89. The van der Waals surface area contributed by atoms with Gasteiger partial charge in [-0.25, -0.2) is 4.85 Å². The molecule has 0 fully saturated rings. The number of ketones is 1. The van der Waals surface area contributed by atoms with Crippen LogP contribution in [0.5, 0.6) is 0 Å². The molecule has 1 aromatic carbocycles. The van der Waals surface area contributed by atoms with Crippen molar-refractivity contribution in [2.75, 3.05) is 0 Å². The molecule has 0 aliphatic heterocycles. The van der Waals surface area contributed by atoms with E-state index >= 15 is 0 Å². The second-order valence-corrected chi connectivity index (χ2v) is 7.89. The first-order valence-electron chi connectivity index (χ1n) is 9.14. The highest BCUT2D eigenvalue weighted by Gasteiger charge is 2.50. The minimum absolute atomic E-state index is 0.0132. The van der Waals surface area contributed by atoms with Crippen LogP contribution in [0.1, 0.15) is 37.1 Å². The summed E-state index contributed by atoms with van der Waals surface area (Å²) in [7, 11) is 1.99. The number of nitrogens with zero attached hydrogens (tertiary/aromatic N) is 3. The third-order valence-electron chi connectivity index (χ3n) is 6.25. The molecule has 0 N–H and O–H groups in total. The van der Waals surface area contributed by atoms with Crippen LogP contribution in [0.2, 0.25) is 0 Å². The summed E-state index contributed by atoms with van der Waals surface area (Å²) in [6.45, 7) is 13.6. The van der Waals surface area contributed by atoms with Gasteiger partial charge in [-0.05, 0) is 31.7 Å². The lowest BCUT2D eigenvalue weighted by atomic mass is 9.58. The fourth-order valence-corrected chi connectivity index (χ4v) is 4.97. The molecule has 2 aliphatic carbocycles. The molecule has 0 amide bonds. The van der Waals surface area contributed by atoms with Crippen LogP contribution in [0.4, 0.5) is 0 Å². The molecule has 3 atom stereocenters. The highest BCUT2D eigenvalue weighted by Crippen LogP contribution is 2.51. The largest absolute Gasteiger partial charge is 0.308 e. The molecule has 0 spiro atoms. The molecule has 0 radical (unpaired) electrons. The molecular weight excluding hydrogens is 322 g/mol. The molecule has 132 valence electrons. The van der Waals surface area contributed by atoms with E-state index in [9.17, 15) is 4.79 Å². The van der Waals surface area contributed by atoms with E-state index in [0.717, 1.165) is 24.2 Å². The first-order valence-corrected chi connectivity index (χ1v) is 9.14. The van der Waals surface area contributed by atoms with E-state index in [4.69, 9.17) is 11.7 Å². The van der Waals surface area contributed by atoms with Crippen LogP contribution >= 0.6 is 0 Å². The van der Waals surface area contributed by atoms with Crippen LogP contribution in [0, 0.1) is 25.3 Å². The summed E-state index contributed by atoms with van der Waals surface area (Å²) < 4.78 is 1.97. The van der Waals surface area contributed by atoms with Crippen molar-refractivity contribution >= 4 is 5.78 Å². The molecule has 4 nitrogen and oxygen atoms in total. The highest BCUT2D eigenvalue weighted by atomic mass is 16.1. The quantitative estimate of drug-likeness (QED) is 0.725. The predicted octanol–water partition coefficient (Wildman–Crippen LogP) is 4.24. The Kier molecular flexibility index (Phi) is 3.66. The summed E-state index contributed by atoms with van der Waals surface area (Å²) in [6.07, 6.45) is 3.76. The highest BCUT2D eigenvalue weighted by molar-refractivity contribution is 6.00. The van der Waals surface area contributed by atoms with Gasteiger partial charge in [0.15, 0.2) is 5.78 Å². The van der Waals surface area contributed by atoms with Gasteiger partial charge in [0.2, 0.25) is 5.70 Å². The van der Waals surface area contributed by atoms with E-state index in [1.54, 1.807) is 0 Å². The number of rotatable bonds is 1. The van der Waals surface area contributed by atoms with Crippen LogP contribution in [0.3, 0.4) is 0 Å². The Labute approximate surface area is 154 Å². The fraction of sp³-hybridized carbons (Fsp3) is 0.409. The summed E-state index contributed by atoms with van der Waals surface area (Å²) in [5, 5.41) is 4.90. The number of carbonyl (C=O) groups excluding carboxylic acids is 1. The van der Waals surface area contributed by atoms with Crippen molar-refractivity contribution in [1.82, 2.24) is 9.78 Å². The molecule has 0 unspecified atom stereocenters. The number of benzene rings is 1. The average Bonchev–Trinajstić information content (AvgIpc) is 2.95. The van der Waals surface area contributed by atoms with Crippen molar-refractivity contribution in [1.29, 1.82) is 0 Å². The summed E-state index contributed by atoms with van der Waals surface area (Å²) >= 11 is 0. The van der Waals surface area contributed by atoms with Crippen molar-refractivity contribution in [2.24, 2.45) is 18.9 Å². The van der Waals surface area contributed by atoms with E-state index < -0.39 is 0 Å². The Morgan fingerprint density at radius 2 is 2.15 bits per heavy atom. The molecule has 4 rings (SSSR count). The molecule has 2 aromatic rings. The third-order valence-corrected chi connectivity index (χ3v) is 6.25. The maximum atomic E-state index is 12.5. The van der Waals surface area contributed by atoms with Gasteiger partial charge in [-0.1, -0.05) is 43.7 Å². The van der Waals surface area contributed by atoms with Gasteiger partial charge in [0.05, 0.1) is 18.0 Å². The Morgan fingerprint density at radius 1 is 1.38 bits per heavy atom. The van der Waals surface area contributed by atoms with E-state index in [1.165, 1.54) is 16.7 Å². The topological polar surface area (TPSA) is 39.2 Å². The third kappa shape index (κ3) is 2.20. The predicted molar refractivity (Wildman–Crippen MR) is 101 cm³/mol. The summed E-state index contributed by atoms with van der Waals surface area (Å²) in [5.74, 6) is 0.0562. The first kappa shape index (κ1) is 16.8. The second kappa shape index (κ2) is 5.67. The van der Waals surface area contributed by atoms with Gasteiger partial charge in [0.1, 0.15) is 0 Å². The lowest BCUT2D eigenvalue weighted by Gasteiger charge is -2.44. The van der Waals surface area contributed by atoms with E-state index in [2.05, 4.69) is 43.0 Å². The molecular formula is C22H23N3O. The number of aryl methyl sites for hydroxylation is 2. The first-order chi connectivity index (χ1) is 12.4. The smallest absolute Gasteiger partial charge is 0.226 e. The Morgan fingerprint density at radius 3 is 2.85 bits per heavy atom. The summed E-state index contributed by atoms with van der Waals surface area (Å²) in [6, 6.07) is 8.50. The van der Waals surface area contributed by atoms with Crippen molar-refractivity contribution in [2.45, 2.75) is 39.0 Å². The lowest BCUT2D eigenvalue weighted by molar-refractivity contribution is -0.121. The zero-order chi connectivity index (χ0) is 18.6. The van der Waals surface area contributed by atoms with Crippen LogP contribution in [-0.4, -0.2) is 15.6 Å². The molecule has 4 heteroatoms. The van der Waals surface area contributed by atoms with Gasteiger partial charge in [0.25, 0.3) is 0 Å². The van der Waals surface area contributed by atoms with E-state index in [-0.39, 0.29) is 28.7 Å². The van der Waals surface area contributed by atoms with Crippen LogP contribution in [-0.2, 0) is 23.7 Å². The van der Waals surface area contributed by atoms with E-state index in [0.29, 0.717) is 0 Å². The van der Waals surface area contributed by atoms with Crippen LogP contribution in [0.25, 0.3) is 16.1 Å². The normalized spacial score (nSPS) is 27.3. The number of hydrogen-bond acceptors (Lipinski definition) is 2. The molecule has 1 heterocycles. The van der Waals surface area contributed by atoms with Gasteiger partial charge in [-0.3, -0.25) is 4.68 Å². The van der Waals surface area contributed by atoms with Gasteiger partial charge >= 0.3 is 0 Å². The Bertz CT molecular complexity index is 991. The van der Waals surface area contributed by atoms with Gasteiger partial charge in [-0.2, -0.15) is 5.10 Å². The summed E-state index contributed by atoms with van der Waals surface area (Å²) in [4.78, 5) is 16.0. The standard InChI is InChI=1S/C22H23N3O/c1-13-7-6-8-15(11-13)19-16-9-10-17-14(2)20(26)18(23-4)12-22(17,3)21(16)24-25(19)5/h6-8,11-12,14,17H,9-10H2,1-3,5H3/t14-,17-,22-/m0/s1. The van der Waals surface area contributed by atoms with Crippen molar-refractivity contribution in [3.05, 3.63) is 64.3 Å². The van der Waals surface area contributed by atoms with Crippen LogP contribution in [0.15, 0.2) is 36.0 Å². The van der Waals surface area contributed by atoms with Gasteiger partial charge in [0, 0.05) is 29.5 Å². The van der Waals surface area contributed by atoms with Crippen molar-refractivity contribution in [3.8, 4) is 11.3 Å². The van der Waals surface area contributed by atoms with E-state index in [1.807, 2.05) is 24.7 Å². The molecule has 0 saturated heterocycles. The Hall–Kier alpha value is -2.67. The molecule has 0 saturated carbocycles. The number of hydrogen-bond donors (Lipinski definition) is 0. The number of carbonyl (C=O) groups is 1. The minimum Gasteiger partial charge on any atom is -0.308 e. The SMILES string of the molecule is [C-]#[N+]C1=C[C@]2(C)c3nn(C)c(-c4cccc(C)c4)c3CC[C@H]2[C@H](C)C1=O. The van der Waals surface area contributed by atoms with Gasteiger partial charge in [-0.15, -0.1) is 0 Å². The van der Waals surface area contributed by atoms with Crippen molar-refractivity contribution in [3.63, 3.8) is 0 Å². The lowest BCUT2D eigenvalue weighted by Crippen LogP contribution is -2.45. The minimum atomic E-state index is -0.360. The molecule has 2 aliphatic rings. The zero-order valence-electron chi connectivity index (χ0n) is 15.7. The number of Topliss-reactive ketones (excluding diaryl/α,β-unsaturated/α-hetero) is 1. The van der Waals surface area contributed by atoms with Crippen LogP contribution < -0.4 is 0 Å². The molecule has 26 heavy (non-hydrogen) atoms. The number of fused-ring (bicyclic) bond motifs is 3. The van der Waals surface area contributed by atoms with Gasteiger partial charge < -0.3 is 4.79 Å². The Balaban J connectivity index is 1.94. The maximum Gasteiger partial charge on any atom is 0.226 e. The van der Waals surface area contributed by atoms with Crippen molar-refractivity contribution < 1.29 is 4.79 Å². The molecule has 0 bridgehead atoms. The zero-order valence-corrected chi connectivity index (χ0v) is 15.7. The average molecular weight is 345 g/mol. The fourth-order valence-electron chi connectivity index (χ4n) is 4.97. The maximum absolute atomic E-state index is 12.5. The monoisotopic (exact) mass is 345 g/mol.